The van der Waals surface area contributed by atoms with Gasteiger partial charge in [-0.3, -0.25) is 4.18 Å². The molecule has 0 bridgehead atoms. The van der Waals surface area contributed by atoms with Crippen LogP contribution in [0.4, 0.5) is 0 Å². The first-order chi connectivity index (χ1) is 18.8. The number of carbonyl (C=O) groups is 2. The number of hydrogen-bond acceptors (Lipinski definition) is 7. The molecule has 0 saturated heterocycles. The van der Waals surface area contributed by atoms with E-state index in [0.29, 0.717) is 6.16 Å². The second kappa shape index (κ2) is 12.3. The van der Waals surface area contributed by atoms with Gasteiger partial charge in [-0.15, -0.1) is 0 Å². The van der Waals surface area contributed by atoms with Crippen molar-refractivity contribution in [3.8, 4) is 0 Å². The molecule has 200 valence electrons. The van der Waals surface area contributed by atoms with Crippen molar-refractivity contribution in [2.24, 2.45) is 0 Å². The molecule has 9 heteroatoms. The lowest BCUT2D eigenvalue weighted by Gasteiger charge is -2.27. The molecule has 0 unspecified atom stereocenters. The van der Waals surface area contributed by atoms with E-state index in [4.69, 9.17) is 13.7 Å². The summed E-state index contributed by atoms with van der Waals surface area (Å²) in [4.78, 5) is 24.0. The average Bonchev–Trinajstić information content (AvgIpc) is 2.99. The molecule has 0 aliphatic rings. The lowest BCUT2D eigenvalue weighted by Crippen LogP contribution is -2.35. The number of methoxy groups -OCH3 is 2. The zero-order valence-electron chi connectivity index (χ0n) is 21.5. The van der Waals surface area contributed by atoms with Crippen LogP contribution in [0.1, 0.15) is 20.7 Å². The van der Waals surface area contributed by atoms with E-state index in [1.807, 2.05) is 54.6 Å². The molecule has 0 radical (unpaired) electrons. The fourth-order valence-electron chi connectivity index (χ4n) is 4.45. The van der Waals surface area contributed by atoms with Crippen LogP contribution >= 0.6 is 7.26 Å². The van der Waals surface area contributed by atoms with Crippen molar-refractivity contribution < 1.29 is 31.7 Å². The molecule has 0 aromatic heterocycles. The Morgan fingerprint density at radius 3 is 1.38 bits per heavy atom. The Bertz CT molecular complexity index is 1410. The molecule has 0 atom stereocenters. The Hall–Kier alpha value is -3.84. The third-order valence-corrected chi connectivity index (χ3v) is 12.0. The number of benzene rings is 4. The number of ether oxygens (including phenoxy) is 2. The third kappa shape index (κ3) is 6.09. The van der Waals surface area contributed by atoms with Crippen molar-refractivity contribution in [1.82, 2.24) is 0 Å². The summed E-state index contributed by atoms with van der Waals surface area (Å²) in [5.41, 5.74) is -0.218. The van der Waals surface area contributed by atoms with E-state index in [2.05, 4.69) is 36.4 Å². The van der Waals surface area contributed by atoms with Gasteiger partial charge in [-0.2, -0.15) is 8.42 Å². The Labute approximate surface area is 228 Å². The summed E-state index contributed by atoms with van der Waals surface area (Å²) in [5, 5.41) is 3.26. The quantitative estimate of drug-likeness (QED) is 0.164. The van der Waals surface area contributed by atoms with Gasteiger partial charge in [0, 0.05) is 0 Å². The third-order valence-electron chi connectivity index (χ3n) is 6.29. The van der Waals surface area contributed by atoms with Crippen LogP contribution in [0, 0.1) is 0 Å². The normalized spacial score (nSPS) is 11.5. The number of rotatable bonds is 10. The van der Waals surface area contributed by atoms with Crippen molar-refractivity contribution in [1.29, 1.82) is 0 Å². The molecule has 0 fully saturated rings. The van der Waals surface area contributed by atoms with Crippen LogP contribution in [0.25, 0.3) is 0 Å². The standard InChI is InChI=1S/C30H28O7PS/c1-35-29(31)23-20-24(30(32)36-2)22-28(21-23)39(33,34)37-18-19-38(25-12-6-3-7-13-25,26-14-8-4-9-15-26)27-16-10-5-11-17-27/h3-17,20-22H,18-19H2,1-2H3/q+1. The molecule has 39 heavy (non-hydrogen) atoms. The molecule has 4 aromatic rings. The monoisotopic (exact) mass is 563 g/mol. The van der Waals surface area contributed by atoms with Crippen LogP contribution in [0.3, 0.4) is 0 Å². The van der Waals surface area contributed by atoms with Gasteiger partial charge in [0.2, 0.25) is 0 Å². The van der Waals surface area contributed by atoms with E-state index in [0.717, 1.165) is 42.3 Å². The highest BCUT2D eigenvalue weighted by atomic mass is 32.2. The Balaban J connectivity index is 1.74. The number of hydrogen-bond donors (Lipinski definition) is 0. The Morgan fingerprint density at radius 2 is 1.03 bits per heavy atom. The number of carbonyl (C=O) groups excluding carboxylic acids is 2. The van der Waals surface area contributed by atoms with Gasteiger partial charge in [-0.25, -0.2) is 9.59 Å². The summed E-state index contributed by atoms with van der Waals surface area (Å²) in [6, 6.07) is 33.5. The minimum absolute atomic E-state index is 0.109. The second-order valence-electron chi connectivity index (χ2n) is 8.55. The minimum atomic E-state index is -4.36. The summed E-state index contributed by atoms with van der Waals surface area (Å²) < 4.78 is 41.7. The van der Waals surface area contributed by atoms with Gasteiger partial charge in [0.05, 0.1) is 36.4 Å². The van der Waals surface area contributed by atoms with Crippen LogP contribution < -0.4 is 15.9 Å². The molecule has 0 amide bonds. The fraction of sp³-hybridized carbons (Fsp3) is 0.133. The van der Waals surface area contributed by atoms with E-state index < -0.39 is 29.3 Å². The largest absolute Gasteiger partial charge is 0.465 e. The van der Waals surface area contributed by atoms with E-state index >= 15 is 0 Å². The summed E-state index contributed by atoms with van der Waals surface area (Å²) in [7, 11) is -4.36. The van der Waals surface area contributed by atoms with Gasteiger partial charge >= 0.3 is 11.9 Å². The van der Waals surface area contributed by atoms with Gasteiger partial charge < -0.3 is 9.47 Å². The molecular formula is C30H28O7PS+. The van der Waals surface area contributed by atoms with Crippen LogP contribution in [0.2, 0.25) is 0 Å². The molecular weight excluding hydrogens is 535 g/mol. The average molecular weight is 564 g/mol. The van der Waals surface area contributed by atoms with Crippen molar-refractivity contribution in [3.05, 3.63) is 120 Å². The highest BCUT2D eigenvalue weighted by molar-refractivity contribution is 7.95. The highest BCUT2D eigenvalue weighted by Gasteiger charge is 2.45. The van der Waals surface area contributed by atoms with Gasteiger partial charge in [-0.1, -0.05) is 54.6 Å². The maximum atomic E-state index is 13.3. The molecule has 7 nitrogen and oxygen atoms in total. The zero-order chi connectivity index (χ0) is 27.9. The predicted molar refractivity (Wildman–Crippen MR) is 152 cm³/mol. The first-order valence-corrected chi connectivity index (χ1v) is 15.5. The minimum Gasteiger partial charge on any atom is -0.465 e. The fourth-order valence-corrected chi connectivity index (χ4v) is 9.63. The van der Waals surface area contributed by atoms with E-state index in [1.54, 1.807) is 0 Å². The lowest BCUT2D eigenvalue weighted by atomic mass is 10.1. The maximum absolute atomic E-state index is 13.3. The Morgan fingerprint density at radius 1 is 0.641 bits per heavy atom. The smallest absolute Gasteiger partial charge is 0.337 e. The number of esters is 2. The molecule has 0 N–H and O–H groups in total. The molecule has 0 aliphatic carbocycles. The molecule has 4 rings (SSSR count). The molecule has 0 aliphatic heterocycles. The van der Waals surface area contributed by atoms with Crippen LogP contribution in [0.15, 0.2) is 114 Å². The van der Waals surface area contributed by atoms with E-state index in [-0.39, 0.29) is 22.6 Å². The topological polar surface area (TPSA) is 96.0 Å². The zero-order valence-corrected chi connectivity index (χ0v) is 23.2. The van der Waals surface area contributed by atoms with Gasteiger partial charge in [-0.05, 0) is 54.6 Å². The van der Waals surface area contributed by atoms with Crippen molar-refractivity contribution in [2.75, 3.05) is 27.0 Å². The van der Waals surface area contributed by atoms with Gasteiger partial charge in [0.15, 0.2) is 0 Å². The van der Waals surface area contributed by atoms with E-state index in [1.165, 1.54) is 6.07 Å². The van der Waals surface area contributed by atoms with Crippen LogP contribution in [0.5, 0.6) is 0 Å². The van der Waals surface area contributed by atoms with Crippen LogP contribution in [-0.2, 0) is 23.8 Å². The summed E-state index contributed by atoms with van der Waals surface area (Å²) >= 11 is 0. The summed E-state index contributed by atoms with van der Waals surface area (Å²) in [6.07, 6.45) is 0.394. The Kier molecular flexibility index (Phi) is 8.92. The molecule has 0 heterocycles. The van der Waals surface area contributed by atoms with Gasteiger partial charge in [0.1, 0.15) is 29.8 Å². The van der Waals surface area contributed by atoms with Gasteiger partial charge in [0.25, 0.3) is 10.1 Å². The SMILES string of the molecule is COC(=O)c1cc(C(=O)OC)cc(S(=O)(=O)OCC[P+](c2ccccc2)(c2ccccc2)c2ccccc2)c1. The van der Waals surface area contributed by atoms with Crippen LogP contribution in [-0.4, -0.2) is 47.3 Å². The highest BCUT2D eigenvalue weighted by Crippen LogP contribution is 2.55. The maximum Gasteiger partial charge on any atom is 0.337 e. The van der Waals surface area contributed by atoms with Crippen molar-refractivity contribution in [3.63, 3.8) is 0 Å². The molecule has 0 spiro atoms. The summed E-state index contributed by atoms with van der Waals surface area (Å²) in [6.45, 7) is -0.134. The first kappa shape index (κ1) is 28.2. The van der Waals surface area contributed by atoms with Crippen molar-refractivity contribution >= 4 is 45.2 Å². The molecule has 4 aromatic carbocycles. The molecule has 0 saturated carbocycles. The first-order valence-electron chi connectivity index (χ1n) is 12.1. The lowest BCUT2D eigenvalue weighted by molar-refractivity contribution is 0.0598. The second-order valence-corrected chi connectivity index (χ2v) is 13.8. The van der Waals surface area contributed by atoms with Crippen molar-refractivity contribution in [2.45, 2.75) is 4.90 Å². The van der Waals surface area contributed by atoms with E-state index in [9.17, 15) is 18.0 Å². The summed E-state index contributed by atoms with van der Waals surface area (Å²) in [5.74, 6) is -1.58. The predicted octanol–water partition coefficient (Wildman–Crippen LogP) is 3.96.